The molecule has 0 bridgehead atoms. The summed E-state index contributed by atoms with van der Waals surface area (Å²) in [6.07, 6.45) is 4.92. The summed E-state index contributed by atoms with van der Waals surface area (Å²) in [7, 11) is 3.05. The van der Waals surface area contributed by atoms with Crippen LogP contribution in [0.1, 0.15) is 12.8 Å². The van der Waals surface area contributed by atoms with Crippen LogP contribution < -0.4 is 25.8 Å². The zero-order chi connectivity index (χ0) is 16.8. The van der Waals surface area contributed by atoms with Crippen molar-refractivity contribution < 1.29 is 19.1 Å². The molecule has 4 N–H and O–H groups in total. The first-order valence-corrected chi connectivity index (χ1v) is 7.29. The van der Waals surface area contributed by atoms with Crippen molar-refractivity contribution >= 4 is 17.6 Å². The van der Waals surface area contributed by atoms with Crippen molar-refractivity contribution in [2.24, 2.45) is 11.7 Å². The number of rotatable bonds is 5. The molecule has 0 aromatic heterocycles. The van der Waals surface area contributed by atoms with Crippen molar-refractivity contribution in [3.63, 3.8) is 0 Å². The Hall–Kier alpha value is -2.70. The molecule has 2 atom stereocenters. The Kier molecular flexibility index (Phi) is 5.46. The summed E-state index contributed by atoms with van der Waals surface area (Å²) in [5, 5.41) is 5.50. The van der Waals surface area contributed by atoms with Gasteiger partial charge in [0.15, 0.2) is 0 Å². The van der Waals surface area contributed by atoms with Gasteiger partial charge in [-0.3, -0.25) is 4.79 Å². The zero-order valence-electron chi connectivity index (χ0n) is 13.2. The highest BCUT2D eigenvalue weighted by Crippen LogP contribution is 2.29. The fourth-order valence-electron chi connectivity index (χ4n) is 2.53. The highest BCUT2D eigenvalue weighted by atomic mass is 16.5. The number of allylic oxidation sites excluding steroid dienone is 1. The standard InChI is InChI=1S/C16H21N3O4/c1-22-10-7-8-14(23-2)13(9-10)19-16(21)18-12-6-4-3-5-11(12)15(17)20/h3-4,7-9,11-12H,5-6H2,1-2H3,(H2,17,20)(H2,18,19,21). The molecule has 0 saturated carbocycles. The van der Waals surface area contributed by atoms with Gasteiger partial charge in [0, 0.05) is 12.1 Å². The van der Waals surface area contributed by atoms with E-state index in [2.05, 4.69) is 10.6 Å². The number of hydrogen-bond donors (Lipinski definition) is 3. The van der Waals surface area contributed by atoms with E-state index in [1.807, 2.05) is 12.2 Å². The summed E-state index contributed by atoms with van der Waals surface area (Å²) >= 11 is 0. The molecule has 23 heavy (non-hydrogen) atoms. The largest absolute Gasteiger partial charge is 0.497 e. The van der Waals surface area contributed by atoms with Crippen molar-refractivity contribution in [3.8, 4) is 11.5 Å². The van der Waals surface area contributed by atoms with Gasteiger partial charge in [-0.2, -0.15) is 0 Å². The second-order valence-corrected chi connectivity index (χ2v) is 5.22. The number of urea groups is 1. The fourth-order valence-corrected chi connectivity index (χ4v) is 2.53. The number of amides is 3. The topological polar surface area (TPSA) is 103 Å². The molecule has 3 amide bonds. The minimum absolute atomic E-state index is 0.325. The van der Waals surface area contributed by atoms with Crippen LogP contribution in [0.2, 0.25) is 0 Å². The van der Waals surface area contributed by atoms with Gasteiger partial charge in [-0.05, 0) is 25.0 Å². The molecule has 2 rings (SSSR count). The number of carbonyl (C=O) groups excluding carboxylic acids is 2. The molecular weight excluding hydrogens is 298 g/mol. The van der Waals surface area contributed by atoms with E-state index in [1.165, 1.54) is 14.2 Å². The molecule has 1 aliphatic rings. The molecule has 1 aromatic rings. The highest BCUT2D eigenvalue weighted by Gasteiger charge is 2.28. The first kappa shape index (κ1) is 16.7. The summed E-state index contributed by atoms with van der Waals surface area (Å²) in [6.45, 7) is 0. The first-order valence-electron chi connectivity index (χ1n) is 7.29. The molecule has 2 unspecified atom stereocenters. The van der Waals surface area contributed by atoms with Crippen LogP contribution in [0.3, 0.4) is 0 Å². The van der Waals surface area contributed by atoms with E-state index in [4.69, 9.17) is 15.2 Å². The second kappa shape index (κ2) is 7.53. The van der Waals surface area contributed by atoms with E-state index in [1.54, 1.807) is 18.2 Å². The SMILES string of the molecule is COc1ccc(OC)c(NC(=O)NC2CC=CCC2C(N)=O)c1. The lowest BCUT2D eigenvalue weighted by atomic mass is 9.88. The van der Waals surface area contributed by atoms with Gasteiger partial charge in [-0.15, -0.1) is 0 Å². The van der Waals surface area contributed by atoms with Gasteiger partial charge in [0.1, 0.15) is 11.5 Å². The van der Waals surface area contributed by atoms with Crippen LogP contribution in [0, 0.1) is 5.92 Å². The van der Waals surface area contributed by atoms with Gasteiger partial charge < -0.3 is 25.8 Å². The van der Waals surface area contributed by atoms with Crippen LogP contribution in [0.15, 0.2) is 30.4 Å². The van der Waals surface area contributed by atoms with E-state index in [0.29, 0.717) is 30.0 Å². The molecule has 0 fully saturated rings. The average Bonchev–Trinajstić information content (AvgIpc) is 2.55. The lowest BCUT2D eigenvalue weighted by Crippen LogP contribution is -2.47. The van der Waals surface area contributed by atoms with Gasteiger partial charge in [-0.1, -0.05) is 12.2 Å². The lowest BCUT2D eigenvalue weighted by molar-refractivity contribution is -0.122. The van der Waals surface area contributed by atoms with Crippen LogP contribution in [0.4, 0.5) is 10.5 Å². The maximum atomic E-state index is 12.2. The van der Waals surface area contributed by atoms with Crippen molar-refractivity contribution in [3.05, 3.63) is 30.4 Å². The summed E-state index contributed by atoms with van der Waals surface area (Å²) in [6, 6.07) is 4.34. The predicted octanol–water partition coefficient (Wildman–Crippen LogP) is 1.65. The number of carbonyl (C=O) groups is 2. The Balaban J connectivity index is 2.07. The minimum atomic E-state index is -0.428. The average molecular weight is 319 g/mol. The maximum Gasteiger partial charge on any atom is 0.319 e. The first-order chi connectivity index (χ1) is 11.0. The van der Waals surface area contributed by atoms with Gasteiger partial charge >= 0.3 is 6.03 Å². The molecule has 1 aliphatic carbocycles. The van der Waals surface area contributed by atoms with Crippen molar-refractivity contribution in [2.75, 3.05) is 19.5 Å². The quantitative estimate of drug-likeness (QED) is 0.718. The molecule has 0 heterocycles. The van der Waals surface area contributed by atoms with E-state index in [0.717, 1.165) is 0 Å². The Bertz CT molecular complexity index is 615. The van der Waals surface area contributed by atoms with Crippen LogP contribution in [-0.2, 0) is 4.79 Å². The summed E-state index contributed by atoms with van der Waals surface area (Å²) < 4.78 is 10.3. The van der Waals surface area contributed by atoms with Crippen molar-refractivity contribution in [2.45, 2.75) is 18.9 Å². The Morgan fingerprint density at radius 1 is 1.17 bits per heavy atom. The Morgan fingerprint density at radius 2 is 1.91 bits per heavy atom. The van der Waals surface area contributed by atoms with Crippen LogP contribution >= 0.6 is 0 Å². The third-order valence-electron chi connectivity index (χ3n) is 3.77. The number of hydrogen-bond acceptors (Lipinski definition) is 4. The molecule has 0 radical (unpaired) electrons. The fraction of sp³-hybridized carbons (Fsp3) is 0.375. The minimum Gasteiger partial charge on any atom is -0.497 e. The summed E-state index contributed by atoms with van der Waals surface area (Å²) in [4.78, 5) is 23.7. The molecule has 0 spiro atoms. The molecule has 1 aromatic carbocycles. The maximum absolute atomic E-state index is 12.2. The van der Waals surface area contributed by atoms with Crippen LogP contribution in [0.25, 0.3) is 0 Å². The van der Waals surface area contributed by atoms with Gasteiger partial charge in [0.25, 0.3) is 0 Å². The van der Waals surface area contributed by atoms with Crippen molar-refractivity contribution in [1.82, 2.24) is 5.32 Å². The monoisotopic (exact) mass is 319 g/mol. The molecule has 0 aliphatic heterocycles. The number of nitrogens with two attached hydrogens (primary N) is 1. The number of anilines is 1. The highest BCUT2D eigenvalue weighted by molar-refractivity contribution is 5.92. The smallest absolute Gasteiger partial charge is 0.319 e. The van der Waals surface area contributed by atoms with Gasteiger partial charge in [0.2, 0.25) is 5.91 Å². The molecular formula is C16H21N3O4. The predicted molar refractivity (Wildman–Crippen MR) is 86.5 cm³/mol. The molecule has 0 saturated heterocycles. The third-order valence-corrected chi connectivity index (χ3v) is 3.77. The van der Waals surface area contributed by atoms with E-state index < -0.39 is 17.9 Å². The number of nitrogens with one attached hydrogen (secondary N) is 2. The third kappa shape index (κ3) is 4.15. The molecule has 124 valence electrons. The number of methoxy groups -OCH3 is 2. The number of primary amides is 1. The summed E-state index contributed by atoms with van der Waals surface area (Å²) in [5.41, 5.74) is 5.87. The van der Waals surface area contributed by atoms with Crippen LogP contribution in [0.5, 0.6) is 11.5 Å². The zero-order valence-corrected chi connectivity index (χ0v) is 13.2. The number of ether oxygens (including phenoxy) is 2. The van der Waals surface area contributed by atoms with E-state index >= 15 is 0 Å². The van der Waals surface area contributed by atoms with Gasteiger partial charge in [0.05, 0.1) is 25.8 Å². The Morgan fingerprint density at radius 3 is 2.57 bits per heavy atom. The van der Waals surface area contributed by atoms with Gasteiger partial charge in [-0.25, -0.2) is 4.79 Å². The van der Waals surface area contributed by atoms with E-state index in [-0.39, 0.29) is 6.04 Å². The second-order valence-electron chi connectivity index (χ2n) is 5.22. The molecule has 7 nitrogen and oxygen atoms in total. The molecule has 7 heteroatoms. The normalized spacial score (nSPS) is 19.7. The van der Waals surface area contributed by atoms with Crippen LogP contribution in [-0.4, -0.2) is 32.2 Å². The van der Waals surface area contributed by atoms with Crippen molar-refractivity contribution in [1.29, 1.82) is 0 Å². The number of benzene rings is 1. The summed E-state index contributed by atoms with van der Waals surface area (Å²) in [5.74, 6) is 0.282. The Labute approximate surface area is 134 Å². The van der Waals surface area contributed by atoms with E-state index in [9.17, 15) is 9.59 Å². The lowest BCUT2D eigenvalue weighted by Gasteiger charge is -2.27.